The second-order valence-corrected chi connectivity index (χ2v) is 7.98. The molecule has 3 aromatic carbocycles. The first kappa shape index (κ1) is 18.6. The van der Waals surface area contributed by atoms with Gasteiger partial charge in [0, 0.05) is 17.9 Å². The number of anilines is 2. The fourth-order valence-electron chi connectivity index (χ4n) is 3.58. The molecule has 0 spiro atoms. The lowest BCUT2D eigenvalue weighted by molar-refractivity contribution is -0.113. The molecule has 1 aliphatic heterocycles. The van der Waals surface area contributed by atoms with E-state index in [0.717, 1.165) is 46.8 Å². The van der Waals surface area contributed by atoms with Gasteiger partial charge in [0.2, 0.25) is 5.91 Å². The van der Waals surface area contributed by atoms with Crippen molar-refractivity contribution in [2.45, 2.75) is 19.8 Å². The second-order valence-electron chi connectivity index (χ2n) is 7.05. The summed E-state index contributed by atoms with van der Waals surface area (Å²) >= 11 is 1.06. The molecule has 0 saturated carbocycles. The number of rotatable bonds is 3. The van der Waals surface area contributed by atoms with Crippen molar-refractivity contribution in [1.82, 2.24) is 0 Å². The lowest BCUT2D eigenvalue weighted by Crippen LogP contribution is -2.33. The molecule has 0 atom stereocenters. The van der Waals surface area contributed by atoms with E-state index in [1.165, 1.54) is 11.1 Å². The molecule has 0 fully saturated rings. The molecule has 0 aromatic heterocycles. The van der Waals surface area contributed by atoms with Gasteiger partial charge in [-0.2, -0.15) is 0 Å². The quantitative estimate of drug-likeness (QED) is 0.652. The number of amides is 2. The Hall–Kier alpha value is -2.79. The third-order valence-electron chi connectivity index (χ3n) is 4.93. The Bertz CT molecular complexity index is 1050. The van der Waals surface area contributed by atoms with Crippen molar-refractivity contribution < 1.29 is 9.59 Å². The molecule has 1 aliphatic rings. The molecule has 28 heavy (non-hydrogen) atoms. The van der Waals surface area contributed by atoms with Gasteiger partial charge in [-0.3, -0.25) is 9.59 Å². The SMILES string of the molecule is Cc1ccc2c(c1)CCCN2C(=O)SCC(=O)Nc1ccc2ccccc2c1. The Labute approximate surface area is 168 Å². The first-order chi connectivity index (χ1) is 13.6. The molecule has 1 N–H and O–H groups in total. The summed E-state index contributed by atoms with van der Waals surface area (Å²) in [5.74, 6) is -0.0710. The second kappa shape index (κ2) is 8.07. The van der Waals surface area contributed by atoms with E-state index in [2.05, 4.69) is 18.3 Å². The van der Waals surface area contributed by atoms with Crippen LogP contribution >= 0.6 is 11.8 Å². The Morgan fingerprint density at radius 2 is 1.86 bits per heavy atom. The average Bonchev–Trinajstić information content (AvgIpc) is 2.71. The van der Waals surface area contributed by atoms with Gasteiger partial charge < -0.3 is 10.2 Å². The zero-order valence-electron chi connectivity index (χ0n) is 15.8. The number of carbonyl (C=O) groups is 2. The molecule has 1 heterocycles. The van der Waals surface area contributed by atoms with Crippen molar-refractivity contribution in [1.29, 1.82) is 0 Å². The molecule has 4 rings (SSSR count). The van der Waals surface area contributed by atoms with Gasteiger partial charge in [0.25, 0.3) is 5.24 Å². The molecule has 5 heteroatoms. The maximum atomic E-state index is 12.7. The Balaban J connectivity index is 1.37. The number of hydrogen-bond acceptors (Lipinski definition) is 3. The summed E-state index contributed by atoms with van der Waals surface area (Å²) in [6.07, 6.45) is 1.94. The fraction of sp³-hybridized carbons (Fsp3) is 0.217. The molecule has 142 valence electrons. The highest BCUT2D eigenvalue weighted by Gasteiger charge is 2.23. The van der Waals surface area contributed by atoms with Gasteiger partial charge in [0.05, 0.1) is 5.75 Å². The first-order valence-corrected chi connectivity index (χ1v) is 10.4. The zero-order chi connectivity index (χ0) is 19.5. The van der Waals surface area contributed by atoms with Gasteiger partial charge in [-0.15, -0.1) is 0 Å². The molecule has 4 nitrogen and oxygen atoms in total. The van der Waals surface area contributed by atoms with Gasteiger partial charge in [0.1, 0.15) is 0 Å². The molecule has 0 unspecified atom stereocenters. The molecule has 0 radical (unpaired) electrons. The lowest BCUT2D eigenvalue weighted by atomic mass is 10.0. The number of benzene rings is 3. The monoisotopic (exact) mass is 390 g/mol. The Morgan fingerprint density at radius 3 is 2.71 bits per heavy atom. The normalized spacial score (nSPS) is 13.2. The van der Waals surface area contributed by atoms with Crippen LogP contribution in [-0.2, 0) is 11.2 Å². The highest BCUT2D eigenvalue weighted by molar-refractivity contribution is 8.14. The zero-order valence-corrected chi connectivity index (χ0v) is 16.6. The van der Waals surface area contributed by atoms with Gasteiger partial charge in [-0.05, 0) is 54.3 Å². The molecular weight excluding hydrogens is 368 g/mol. The van der Waals surface area contributed by atoms with Crippen molar-refractivity contribution in [3.63, 3.8) is 0 Å². The summed E-state index contributed by atoms with van der Waals surface area (Å²) in [5.41, 5.74) is 4.14. The van der Waals surface area contributed by atoms with Crippen LogP contribution in [0.1, 0.15) is 17.5 Å². The topological polar surface area (TPSA) is 49.4 Å². The van der Waals surface area contributed by atoms with E-state index in [9.17, 15) is 9.59 Å². The minimum Gasteiger partial charge on any atom is -0.325 e. The number of aryl methyl sites for hydroxylation is 2. The number of nitrogens with zero attached hydrogens (tertiary/aromatic N) is 1. The van der Waals surface area contributed by atoms with Gasteiger partial charge >= 0.3 is 0 Å². The third kappa shape index (κ3) is 4.04. The van der Waals surface area contributed by atoms with Crippen LogP contribution in [0.4, 0.5) is 16.2 Å². The van der Waals surface area contributed by atoms with E-state index in [1.54, 1.807) is 4.90 Å². The Kier molecular flexibility index (Phi) is 5.35. The van der Waals surface area contributed by atoms with E-state index in [0.29, 0.717) is 6.54 Å². The predicted molar refractivity (Wildman–Crippen MR) is 117 cm³/mol. The lowest BCUT2D eigenvalue weighted by Gasteiger charge is -2.29. The van der Waals surface area contributed by atoms with Gasteiger partial charge in [0.15, 0.2) is 0 Å². The highest BCUT2D eigenvalue weighted by Crippen LogP contribution is 2.30. The van der Waals surface area contributed by atoms with Gasteiger partial charge in [-0.25, -0.2) is 0 Å². The maximum Gasteiger partial charge on any atom is 0.286 e. The van der Waals surface area contributed by atoms with Crippen LogP contribution in [0.3, 0.4) is 0 Å². The summed E-state index contributed by atoms with van der Waals surface area (Å²) < 4.78 is 0. The number of carbonyl (C=O) groups excluding carboxylic acids is 2. The average molecular weight is 391 g/mol. The number of fused-ring (bicyclic) bond motifs is 2. The van der Waals surface area contributed by atoms with Crippen LogP contribution in [-0.4, -0.2) is 23.4 Å². The molecule has 0 aliphatic carbocycles. The molecule has 3 aromatic rings. The van der Waals surface area contributed by atoms with E-state index in [1.807, 2.05) is 54.6 Å². The Morgan fingerprint density at radius 1 is 1.04 bits per heavy atom. The van der Waals surface area contributed by atoms with Crippen molar-refractivity contribution in [2.75, 3.05) is 22.5 Å². The number of thioether (sulfide) groups is 1. The van der Waals surface area contributed by atoms with Gasteiger partial charge in [-0.1, -0.05) is 59.8 Å². The standard InChI is InChI=1S/C23H22N2O2S/c1-16-8-11-21-19(13-16)7-4-12-25(21)23(27)28-15-22(26)24-20-10-9-17-5-2-3-6-18(17)14-20/h2-3,5-6,8-11,13-14H,4,7,12,15H2,1H3,(H,24,26). The molecule has 0 bridgehead atoms. The van der Waals surface area contributed by atoms with Crippen LogP contribution in [0.5, 0.6) is 0 Å². The first-order valence-electron chi connectivity index (χ1n) is 9.43. The van der Waals surface area contributed by atoms with Crippen LogP contribution in [0.15, 0.2) is 60.7 Å². The minimum atomic E-state index is -0.172. The third-order valence-corrected chi connectivity index (χ3v) is 5.81. The summed E-state index contributed by atoms with van der Waals surface area (Å²) in [7, 11) is 0. The van der Waals surface area contributed by atoms with Crippen molar-refractivity contribution in [3.8, 4) is 0 Å². The van der Waals surface area contributed by atoms with Crippen LogP contribution in [0, 0.1) is 6.92 Å². The molecular formula is C23H22N2O2S. The molecule has 2 amide bonds. The van der Waals surface area contributed by atoms with Crippen molar-refractivity contribution in [3.05, 3.63) is 71.8 Å². The maximum absolute atomic E-state index is 12.7. The molecule has 0 saturated heterocycles. The summed E-state index contributed by atoms with van der Waals surface area (Å²) in [5, 5.41) is 5.02. The van der Waals surface area contributed by atoms with Crippen molar-refractivity contribution >= 4 is 45.1 Å². The van der Waals surface area contributed by atoms with Crippen LogP contribution in [0.2, 0.25) is 0 Å². The van der Waals surface area contributed by atoms with Crippen molar-refractivity contribution in [2.24, 2.45) is 0 Å². The minimum absolute atomic E-state index is 0.0709. The number of nitrogens with one attached hydrogen (secondary N) is 1. The van der Waals surface area contributed by atoms with E-state index < -0.39 is 0 Å². The summed E-state index contributed by atoms with van der Waals surface area (Å²) in [4.78, 5) is 26.8. The van der Waals surface area contributed by atoms with E-state index >= 15 is 0 Å². The van der Waals surface area contributed by atoms with Crippen LogP contribution in [0.25, 0.3) is 10.8 Å². The fourth-order valence-corrected chi connectivity index (χ4v) is 4.26. The predicted octanol–water partition coefficient (Wildman–Crippen LogP) is 5.39. The van der Waals surface area contributed by atoms with E-state index in [-0.39, 0.29) is 16.9 Å². The summed E-state index contributed by atoms with van der Waals surface area (Å²) in [6.45, 7) is 2.76. The summed E-state index contributed by atoms with van der Waals surface area (Å²) in [6, 6.07) is 20.0. The smallest absolute Gasteiger partial charge is 0.286 e. The van der Waals surface area contributed by atoms with Crippen LogP contribution < -0.4 is 10.2 Å². The largest absolute Gasteiger partial charge is 0.325 e. The highest BCUT2D eigenvalue weighted by atomic mass is 32.2. The number of hydrogen-bond donors (Lipinski definition) is 1. The van der Waals surface area contributed by atoms with E-state index in [4.69, 9.17) is 0 Å².